The standard InChI is InChI=1S/C10H17N3O4S/c1-10(2,3)17-9(16)11-6-4-13(7(14)5-18)12-8(6)15/h6,18H,4-5H2,1-3H3,(H,11,16)(H,12,15). The number of hydrogen-bond donors (Lipinski definition) is 3. The molecule has 1 rings (SSSR count). The molecule has 8 heteroatoms. The first kappa shape index (κ1) is 14.6. The molecular formula is C10H17N3O4S. The first-order chi connectivity index (χ1) is 8.23. The van der Waals surface area contributed by atoms with E-state index in [-0.39, 0.29) is 18.2 Å². The normalized spacial score (nSPS) is 19.4. The van der Waals surface area contributed by atoms with E-state index in [9.17, 15) is 14.4 Å². The summed E-state index contributed by atoms with van der Waals surface area (Å²) in [4.78, 5) is 34.3. The van der Waals surface area contributed by atoms with Crippen LogP contribution in [-0.2, 0) is 14.3 Å². The van der Waals surface area contributed by atoms with E-state index < -0.39 is 23.6 Å². The van der Waals surface area contributed by atoms with Crippen molar-refractivity contribution in [1.82, 2.24) is 15.8 Å². The number of carbonyl (C=O) groups excluding carboxylic acids is 3. The van der Waals surface area contributed by atoms with Crippen molar-refractivity contribution >= 4 is 30.5 Å². The molecule has 2 N–H and O–H groups in total. The third-order valence-electron chi connectivity index (χ3n) is 2.05. The van der Waals surface area contributed by atoms with Gasteiger partial charge in [-0.1, -0.05) is 0 Å². The highest BCUT2D eigenvalue weighted by Crippen LogP contribution is 2.08. The predicted molar refractivity (Wildman–Crippen MR) is 66.9 cm³/mol. The molecule has 7 nitrogen and oxygen atoms in total. The molecular weight excluding hydrogens is 258 g/mol. The van der Waals surface area contributed by atoms with Crippen molar-refractivity contribution in [2.75, 3.05) is 12.3 Å². The van der Waals surface area contributed by atoms with Gasteiger partial charge in [-0.2, -0.15) is 12.6 Å². The van der Waals surface area contributed by atoms with Crippen molar-refractivity contribution in [1.29, 1.82) is 0 Å². The molecule has 1 aliphatic heterocycles. The Morgan fingerprint density at radius 2 is 2.17 bits per heavy atom. The third-order valence-corrected chi connectivity index (χ3v) is 2.32. The molecule has 0 aliphatic carbocycles. The van der Waals surface area contributed by atoms with Crippen LogP contribution in [0, 0.1) is 0 Å². The number of hydrogen-bond acceptors (Lipinski definition) is 5. The quantitative estimate of drug-likeness (QED) is 0.603. The number of ether oxygens (including phenoxy) is 1. The molecule has 1 aliphatic rings. The molecule has 1 atom stereocenters. The van der Waals surface area contributed by atoms with Gasteiger partial charge in [-0.25, -0.2) is 4.79 Å². The van der Waals surface area contributed by atoms with Gasteiger partial charge >= 0.3 is 6.09 Å². The lowest BCUT2D eigenvalue weighted by molar-refractivity contribution is -0.133. The molecule has 0 saturated carbocycles. The van der Waals surface area contributed by atoms with Crippen LogP contribution in [0.1, 0.15) is 20.8 Å². The van der Waals surface area contributed by atoms with E-state index in [1.807, 2.05) is 0 Å². The van der Waals surface area contributed by atoms with Gasteiger partial charge in [0, 0.05) is 0 Å². The molecule has 1 fully saturated rings. The molecule has 1 unspecified atom stereocenters. The number of hydrazine groups is 1. The lowest BCUT2D eigenvalue weighted by Gasteiger charge is -2.20. The molecule has 0 bridgehead atoms. The van der Waals surface area contributed by atoms with Gasteiger partial charge in [-0.15, -0.1) is 0 Å². The Bertz CT molecular complexity index is 367. The minimum absolute atomic E-state index is 0.0144. The van der Waals surface area contributed by atoms with E-state index in [0.29, 0.717) is 0 Å². The van der Waals surface area contributed by atoms with E-state index in [4.69, 9.17) is 4.74 Å². The Labute approximate surface area is 111 Å². The topological polar surface area (TPSA) is 87.7 Å². The summed E-state index contributed by atoms with van der Waals surface area (Å²) < 4.78 is 5.02. The van der Waals surface area contributed by atoms with Crippen molar-refractivity contribution in [2.24, 2.45) is 0 Å². The lowest BCUT2D eigenvalue weighted by atomic mass is 10.2. The average Bonchev–Trinajstić information content (AvgIpc) is 2.56. The monoisotopic (exact) mass is 275 g/mol. The zero-order valence-corrected chi connectivity index (χ0v) is 11.4. The number of rotatable bonds is 2. The van der Waals surface area contributed by atoms with Gasteiger partial charge in [-0.05, 0) is 20.8 Å². The maximum Gasteiger partial charge on any atom is 0.408 e. The third kappa shape index (κ3) is 4.10. The molecule has 0 spiro atoms. The average molecular weight is 275 g/mol. The highest BCUT2D eigenvalue weighted by atomic mass is 32.1. The number of nitrogens with zero attached hydrogens (tertiary/aromatic N) is 1. The van der Waals surface area contributed by atoms with Gasteiger partial charge in [0.25, 0.3) is 11.8 Å². The van der Waals surface area contributed by atoms with Crippen LogP contribution < -0.4 is 10.7 Å². The molecule has 3 amide bonds. The molecule has 0 radical (unpaired) electrons. The summed E-state index contributed by atoms with van der Waals surface area (Å²) >= 11 is 3.82. The fourth-order valence-corrected chi connectivity index (χ4v) is 1.50. The number of thiol groups is 1. The van der Waals surface area contributed by atoms with Gasteiger partial charge in [0.1, 0.15) is 11.6 Å². The van der Waals surface area contributed by atoms with Gasteiger partial charge in [-0.3, -0.25) is 20.0 Å². The van der Waals surface area contributed by atoms with Crippen molar-refractivity contribution < 1.29 is 19.1 Å². The van der Waals surface area contributed by atoms with Crippen LogP contribution in [0.2, 0.25) is 0 Å². The predicted octanol–water partition coefficient (Wildman–Crippen LogP) is -0.317. The minimum atomic E-state index is -0.802. The molecule has 1 heterocycles. The summed E-state index contributed by atoms with van der Waals surface area (Å²) in [7, 11) is 0. The molecule has 0 aromatic heterocycles. The van der Waals surface area contributed by atoms with Crippen molar-refractivity contribution in [2.45, 2.75) is 32.4 Å². The number of nitrogens with one attached hydrogen (secondary N) is 2. The van der Waals surface area contributed by atoms with E-state index >= 15 is 0 Å². The fourth-order valence-electron chi connectivity index (χ4n) is 1.33. The Morgan fingerprint density at radius 1 is 1.56 bits per heavy atom. The van der Waals surface area contributed by atoms with Gasteiger partial charge in [0.15, 0.2) is 0 Å². The van der Waals surface area contributed by atoms with Crippen LogP contribution >= 0.6 is 12.6 Å². The summed E-state index contributed by atoms with van der Waals surface area (Å²) in [6.45, 7) is 5.23. The lowest BCUT2D eigenvalue weighted by Crippen LogP contribution is -2.44. The second kappa shape index (κ2) is 5.47. The fraction of sp³-hybridized carbons (Fsp3) is 0.700. The van der Waals surface area contributed by atoms with Gasteiger partial charge in [0.2, 0.25) is 0 Å². The Balaban J connectivity index is 2.51. The van der Waals surface area contributed by atoms with E-state index in [2.05, 4.69) is 23.4 Å². The Hall–Kier alpha value is -1.44. The van der Waals surface area contributed by atoms with Crippen molar-refractivity contribution in [3.8, 4) is 0 Å². The molecule has 102 valence electrons. The Morgan fingerprint density at radius 3 is 2.67 bits per heavy atom. The van der Waals surface area contributed by atoms with Crippen LogP contribution in [0.4, 0.5) is 4.79 Å². The largest absolute Gasteiger partial charge is 0.444 e. The second-order valence-electron chi connectivity index (χ2n) is 4.84. The number of carbonyl (C=O) groups is 3. The van der Waals surface area contributed by atoms with Crippen molar-refractivity contribution in [3.05, 3.63) is 0 Å². The Kier molecular flexibility index (Phi) is 4.44. The van der Waals surface area contributed by atoms with E-state index in [1.165, 1.54) is 0 Å². The SMILES string of the molecule is CC(C)(C)OC(=O)NC1CN(C(=O)CS)NC1=O. The summed E-state index contributed by atoms with van der Waals surface area (Å²) in [6.07, 6.45) is -0.692. The molecule has 0 aromatic carbocycles. The number of amides is 3. The second-order valence-corrected chi connectivity index (χ2v) is 5.15. The van der Waals surface area contributed by atoms with Gasteiger partial charge in [0.05, 0.1) is 12.3 Å². The van der Waals surface area contributed by atoms with E-state index in [0.717, 1.165) is 5.01 Å². The van der Waals surface area contributed by atoms with Crippen LogP contribution in [-0.4, -0.2) is 46.9 Å². The summed E-state index contributed by atoms with van der Waals surface area (Å²) in [5.74, 6) is -0.796. The van der Waals surface area contributed by atoms with Gasteiger partial charge < -0.3 is 10.1 Å². The summed E-state index contributed by atoms with van der Waals surface area (Å²) in [6, 6.07) is -0.802. The highest BCUT2D eigenvalue weighted by Gasteiger charge is 2.34. The smallest absolute Gasteiger partial charge is 0.408 e. The number of alkyl carbamates (subject to hydrolysis) is 1. The minimum Gasteiger partial charge on any atom is -0.444 e. The van der Waals surface area contributed by atoms with E-state index in [1.54, 1.807) is 20.8 Å². The molecule has 18 heavy (non-hydrogen) atoms. The first-order valence-corrected chi connectivity index (χ1v) is 6.07. The van der Waals surface area contributed by atoms with Crippen LogP contribution in [0.15, 0.2) is 0 Å². The molecule has 1 saturated heterocycles. The first-order valence-electron chi connectivity index (χ1n) is 5.44. The summed E-state index contributed by atoms with van der Waals surface area (Å²) in [5, 5.41) is 3.52. The molecule has 0 aromatic rings. The van der Waals surface area contributed by atoms with Crippen LogP contribution in [0.3, 0.4) is 0 Å². The zero-order valence-electron chi connectivity index (χ0n) is 10.5. The maximum absolute atomic E-state index is 11.5. The highest BCUT2D eigenvalue weighted by molar-refractivity contribution is 7.81. The maximum atomic E-state index is 11.5. The van der Waals surface area contributed by atoms with Crippen LogP contribution in [0.25, 0.3) is 0 Å². The zero-order chi connectivity index (χ0) is 13.9. The van der Waals surface area contributed by atoms with Crippen LogP contribution in [0.5, 0.6) is 0 Å². The summed E-state index contributed by atoms with van der Waals surface area (Å²) in [5.41, 5.74) is 1.71. The van der Waals surface area contributed by atoms with Crippen molar-refractivity contribution in [3.63, 3.8) is 0 Å².